The Balaban J connectivity index is 2.10. The summed E-state index contributed by atoms with van der Waals surface area (Å²) < 4.78 is 0.620. The molecule has 1 unspecified atom stereocenters. The minimum absolute atomic E-state index is 0.149. The van der Waals surface area contributed by atoms with Crippen molar-refractivity contribution in [3.8, 4) is 0 Å². The van der Waals surface area contributed by atoms with Crippen LogP contribution in [0.4, 0.5) is 5.69 Å². The topological polar surface area (TPSA) is 68.0 Å². The number of aromatic nitrogens is 1. The highest BCUT2D eigenvalue weighted by Gasteiger charge is 2.44. The van der Waals surface area contributed by atoms with Crippen LogP contribution in [0.3, 0.4) is 0 Å². The molecule has 0 spiro atoms. The summed E-state index contributed by atoms with van der Waals surface area (Å²) in [6, 6.07) is 3.56. The van der Waals surface area contributed by atoms with Crippen molar-refractivity contribution in [3.05, 3.63) is 22.9 Å². The number of nitrogens with one attached hydrogen (secondary N) is 1. The minimum atomic E-state index is -0.782. The molecule has 2 rings (SSSR count). The first kappa shape index (κ1) is 11.5. The van der Waals surface area contributed by atoms with E-state index in [9.17, 15) is 4.79 Å². The molecule has 1 atom stereocenters. The number of hydrogen-bond acceptors (Lipinski definition) is 3. The van der Waals surface area contributed by atoms with Gasteiger partial charge in [-0.1, -0.05) is 0 Å². The van der Waals surface area contributed by atoms with Gasteiger partial charge in [-0.25, -0.2) is 4.98 Å². The lowest BCUT2D eigenvalue weighted by molar-refractivity contribution is -0.121. The van der Waals surface area contributed by atoms with Gasteiger partial charge in [0.15, 0.2) is 0 Å². The summed E-state index contributed by atoms with van der Waals surface area (Å²) in [5.41, 5.74) is 5.89. The molecule has 0 bridgehead atoms. The van der Waals surface area contributed by atoms with Crippen molar-refractivity contribution in [2.45, 2.75) is 25.3 Å². The number of hydrogen-bond donors (Lipinski definition) is 2. The molecule has 1 fully saturated rings. The number of pyridine rings is 1. The molecule has 0 saturated heterocycles. The van der Waals surface area contributed by atoms with Gasteiger partial charge < -0.3 is 11.1 Å². The van der Waals surface area contributed by atoms with Gasteiger partial charge in [-0.2, -0.15) is 0 Å². The summed E-state index contributed by atoms with van der Waals surface area (Å²) in [7, 11) is 0. The van der Waals surface area contributed by atoms with Crippen molar-refractivity contribution in [2.24, 2.45) is 11.7 Å². The number of nitrogens with two attached hydrogens (primary N) is 1. The van der Waals surface area contributed by atoms with Crippen LogP contribution in [0.25, 0.3) is 0 Å². The molecule has 0 radical (unpaired) electrons. The lowest BCUT2D eigenvalue weighted by Gasteiger charge is -2.23. The molecule has 1 aromatic heterocycles. The predicted octanol–water partition coefficient (Wildman–Crippen LogP) is 1.91. The minimum Gasteiger partial charge on any atom is -0.322 e. The van der Waals surface area contributed by atoms with Crippen molar-refractivity contribution in [2.75, 3.05) is 5.32 Å². The van der Waals surface area contributed by atoms with E-state index in [1.807, 2.05) is 0 Å². The van der Waals surface area contributed by atoms with Gasteiger partial charge in [0.05, 0.1) is 11.2 Å². The number of carbonyl (C=O) groups excluding carboxylic acids is 1. The summed E-state index contributed by atoms with van der Waals surface area (Å²) in [6.07, 6.45) is 3.73. The fourth-order valence-corrected chi connectivity index (χ4v) is 1.95. The first-order chi connectivity index (χ1) is 7.51. The summed E-state index contributed by atoms with van der Waals surface area (Å²) in [5, 5.41) is 2.80. The zero-order valence-corrected chi connectivity index (χ0v) is 10.6. The first-order valence-electron chi connectivity index (χ1n) is 5.22. The summed E-state index contributed by atoms with van der Waals surface area (Å²) >= 11 is 3.28. The number of nitrogens with zero attached hydrogens (tertiary/aromatic N) is 1. The monoisotopic (exact) mass is 283 g/mol. The lowest BCUT2D eigenvalue weighted by atomic mass is 9.96. The number of rotatable bonds is 3. The van der Waals surface area contributed by atoms with Crippen LogP contribution >= 0.6 is 15.9 Å². The number of anilines is 1. The zero-order chi connectivity index (χ0) is 11.8. The number of amides is 1. The Bertz CT molecular complexity index is 415. The van der Waals surface area contributed by atoms with Gasteiger partial charge >= 0.3 is 0 Å². The normalized spacial score (nSPS) is 18.9. The van der Waals surface area contributed by atoms with Crippen LogP contribution in [-0.2, 0) is 4.79 Å². The zero-order valence-electron chi connectivity index (χ0n) is 9.03. The van der Waals surface area contributed by atoms with Gasteiger partial charge in [0.25, 0.3) is 0 Å². The Morgan fingerprint density at radius 2 is 2.38 bits per heavy atom. The van der Waals surface area contributed by atoms with Crippen LogP contribution in [0.2, 0.25) is 0 Å². The third-order valence-corrected chi connectivity index (χ3v) is 3.55. The van der Waals surface area contributed by atoms with Crippen molar-refractivity contribution in [1.82, 2.24) is 4.98 Å². The van der Waals surface area contributed by atoms with Crippen molar-refractivity contribution >= 4 is 27.5 Å². The van der Waals surface area contributed by atoms with Crippen LogP contribution in [0.1, 0.15) is 19.8 Å². The standard InChI is InChI=1S/C11H14BrN3O/c1-11(13,7-4-5-7)10(16)15-8-3-2-6-14-9(8)12/h2-3,6-7H,4-5,13H2,1H3,(H,15,16). The van der Waals surface area contributed by atoms with E-state index in [4.69, 9.17) is 5.73 Å². The highest BCUT2D eigenvalue weighted by atomic mass is 79.9. The molecule has 0 aliphatic heterocycles. The van der Waals surface area contributed by atoms with Crippen LogP contribution in [0.5, 0.6) is 0 Å². The Morgan fingerprint density at radius 3 is 2.94 bits per heavy atom. The maximum Gasteiger partial charge on any atom is 0.244 e. The molecule has 4 nitrogen and oxygen atoms in total. The maximum atomic E-state index is 12.0. The average Bonchev–Trinajstić information content (AvgIpc) is 3.04. The molecule has 5 heteroatoms. The van der Waals surface area contributed by atoms with E-state index in [0.717, 1.165) is 12.8 Å². The summed E-state index contributed by atoms with van der Waals surface area (Å²) in [6.45, 7) is 1.78. The van der Waals surface area contributed by atoms with Gasteiger partial charge in [-0.15, -0.1) is 0 Å². The van der Waals surface area contributed by atoms with E-state index in [0.29, 0.717) is 16.2 Å². The first-order valence-corrected chi connectivity index (χ1v) is 6.02. The Kier molecular flexibility index (Phi) is 2.99. The summed E-state index contributed by atoms with van der Waals surface area (Å²) in [5.74, 6) is 0.159. The molecule has 1 amide bonds. The average molecular weight is 284 g/mol. The second-order valence-electron chi connectivity index (χ2n) is 4.35. The van der Waals surface area contributed by atoms with Gasteiger partial charge in [-0.05, 0) is 53.7 Å². The molecule has 86 valence electrons. The molecule has 3 N–H and O–H groups in total. The van der Waals surface area contributed by atoms with Crippen LogP contribution in [0, 0.1) is 5.92 Å². The van der Waals surface area contributed by atoms with Crippen molar-refractivity contribution in [1.29, 1.82) is 0 Å². The highest BCUT2D eigenvalue weighted by molar-refractivity contribution is 9.10. The fraction of sp³-hybridized carbons (Fsp3) is 0.455. The Labute approximate surface area is 103 Å². The van der Waals surface area contributed by atoms with Gasteiger partial charge in [0.1, 0.15) is 4.60 Å². The van der Waals surface area contributed by atoms with Crippen LogP contribution in [0.15, 0.2) is 22.9 Å². The van der Waals surface area contributed by atoms with Crippen molar-refractivity contribution < 1.29 is 4.79 Å². The maximum absolute atomic E-state index is 12.0. The second-order valence-corrected chi connectivity index (χ2v) is 5.10. The van der Waals surface area contributed by atoms with E-state index >= 15 is 0 Å². The predicted molar refractivity (Wildman–Crippen MR) is 65.9 cm³/mol. The molecular formula is C11H14BrN3O. The number of carbonyl (C=O) groups is 1. The van der Waals surface area contributed by atoms with E-state index in [-0.39, 0.29) is 5.91 Å². The third kappa shape index (κ3) is 2.25. The van der Waals surface area contributed by atoms with E-state index in [1.54, 1.807) is 25.3 Å². The van der Waals surface area contributed by atoms with E-state index < -0.39 is 5.54 Å². The SMILES string of the molecule is CC(N)(C(=O)Nc1cccnc1Br)C1CC1. The van der Waals surface area contributed by atoms with Crippen LogP contribution < -0.4 is 11.1 Å². The number of halogens is 1. The second kappa shape index (κ2) is 4.14. The fourth-order valence-electron chi connectivity index (χ4n) is 1.60. The molecule has 0 aromatic carbocycles. The Morgan fingerprint density at radius 1 is 1.69 bits per heavy atom. The largest absolute Gasteiger partial charge is 0.322 e. The molecule has 1 heterocycles. The molecule has 1 aliphatic carbocycles. The van der Waals surface area contributed by atoms with Gasteiger partial charge in [0, 0.05) is 6.20 Å². The third-order valence-electron chi connectivity index (χ3n) is 2.92. The smallest absolute Gasteiger partial charge is 0.244 e. The van der Waals surface area contributed by atoms with Crippen LogP contribution in [-0.4, -0.2) is 16.4 Å². The molecular weight excluding hydrogens is 270 g/mol. The quantitative estimate of drug-likeness (QED) is 0.833. The molecule has 1 saturated carbocycles. The molecule has 1 aliphatic rings. The van der Waals surface area contributed by atoms with Crippen molar-refractivity contribution in [3.63, 3.8) is 0 Å². The summed E-state index contributed by atoms with van der Waals surface area (Å²) in [4.78, 5) is 16.0. The van der Waals surface area contributed by atoms with E-state index in [2.05, 4.69) is 26.2 Å². The van der Waals surface area contributed by atoms with Gasteiger partial charge in [0.2, 0.25) is 5.91 Å². The highest BCUT2D eigenvalue weighted by Crippen LogP contribution is 2.38. The van der Waals surface area contributed by atoms with E-state index in [1.165, 1.54) is 0 Å². The lowest BCUT2D eigenvalue weighted by Crippen LogP contribution is -2.50. The molecule has 1 aromatic rings. The Hall–Kier alpha value is -0.940. The van der Waals surface area contributed by atoms with Gasteiger partial charge in [-0.3, -0.25) is 4.79 Å². The molecule has 16 heavy (non-hydrogen) atoms.